The highest BCUT2D eigenvalue weighted by Gasteiger charge is 2.21. The van der Waals surface area contributed by atoms with Gasteiger partial charge in [0.15, 0.2) is 5.65 Å². The molecule has 102 valence electrons. The van der Waals surface area contributed by atoms with Gasteiger partial charge in [0, 0.05) is 19.7 Å². The van der Waals surface area contributed by atoms with Crippen LogP contribution >= 0.6 is 0 Å². The molecule has 5 heteroatoms. The van der Waals surface area contributed by atoms with Gasteiger partial charge in [0.1, 0.15) is 12.1 Å². The number of pyridine rings is 1. The fraction of sp³-hybridized carbons (Fsp3) is 0.571. The van der Waals surface area contributed by atoms with Crippen molar-refractivity contribution in [2.24, 2.45) is 5.92 Å². The van der Waals surface area contributed by atoms with E-state index in [1.165, 1.54) is 18.4 Å². The van der Waals surface area contributed by atoms with Crippen LogP contribution in [-0.4, -0.2) is 39.4 Å². The van der Waals surface area contributed by atoms with E-state index in [2.05, 4.69) is 28.0 Å². The second-order valence-electron chi connectivity index (χ2n) is 5.39. The summed E-state index contributed by atoms with van der Waals surface area (Å²) in [4.78, 5) is 6.65. The third-order valence-corrected chi connectivity index (χ3v) is 3.89. The minimum atomic E-state index is 0.283. The van der Waals surface area contributed by atoms with Crippen molar-refractivity contribution in [1.29, 1.82) is 0 Å². The van der Waals surface area contributed by atoms with Crippen molar-refractivity contribution in [3.05, 3.63) is 24.0 Å². The maximum atomic E-state index is 9.11. The Morgan fingerprint density at radius 3 is 3.16 bits per heavy atom. The summed E-state index contributed by atoms with van der Waals surface area (Å²) in [6.07, 6.45) is 4.88. The van der Waals surface area contributed by atoms with Crippen molar-refractivity contribution in [2.45, 2.75) is 26.2 Å². The van der Waals surface area contributed by atoms with Gasteiger partial charge in [-0.1, -0.05) is 0 Å². The first-order valence-corrected chi connectivity index (χ1v) is 6.94. The zero-order valence-electron chi connectivity index (χ0n) is 11.3. The number of hydrogen-bond acceptors (Lipinski definition) is 4. The molecule has 2 aromatic rings. The number of aliphatic hydroxyl groups excluding tert-OH is 1. The van der Waals surface area contributed by atoms with Crippen molar-refractivity contribution < 1.29 is 5.11 Å². The van der Waals surface area contributed by atoms with E-state index in [0.29, 0.717) is 5.92 Å². The molecular weight excluding hydrogens is 240 g/mol. The van der Waals surface area contributed by atoms with Crippen LogP contribution in [0.1, 0.15) is 24.8 Å². The molecule has 2 aromatic heterocycles. The van der Waals surface area contributed by atoms with Crippen LogP contribution in [-0.2, 0) is 0 Å². The average molecular weight is 260 g/mol. The molecule has 0 aromatic carbocycles. The van der Waals surface area contributed by atoms with E-state index < -0.39 is 0 Å². The summed E-state index contributed by atoms with van der Waals surface area (Å²) >= 11 is 0. The van der Waals surface area contributed by atoms with Crippen LogP contribution in [0.3, 0.4) is 0 Å². The van der Waals surface area contributed by atoms with Crippen molar-refractivity contribution in [3.8, 4) is 0 Å². The van der Waals surface area contributed by atoms with Gasteiger partial charge in [-0.25, -0.2) is 4.98 Å². The largest absolute Gasteiger partial charge is 0.396 e. The normalized spacial score (nSPS) is 20.1. The summed E-state index contributed by atoms with van der Waals surface area (Å²) in [6.45, 7) is 4.43. The predicted octanol–water partition coefficient (Wildman–Crippen LogP) is 1.64. The number of anilines is 1. The van der Waals surface area contributed by atoms with Gasteiger partial charge in [0.05, 0.1) is 0 Å². The van der Waals surface area contributed by atoms with Gasteiger partial charge in [-0.05, 0) is 49.8 Å². The summed E-state index contributed by atoms with van der Waals surface area (Å²) in [5.41, 5.74) is 2.11. The number of hydrogen-bond donors (Lipinski definition) is 1. The number of aliphatic hydroxyl groups is 1. The zero-order chi connectivity index (χ0) is 13.2. The van der Waals surface area contributed by atoms with Crippen LogP contribution in [0.15, 0.2) is 18.5 Å². The Bertz CT molecular complexity index is 564. The lowest BCUT2D eigenvalue weighted by Crippen LogP contribution is -2.37. The molecule has 1 N–H and O–H groups in total. The van der Waals surface area contributed by atoms with E-state index in [0.717, 1.165) is 31.0 Å². The number of aryl methyl sites for hydroxylation is 1. The second-order valence-corrected chi connectivity index (χ2v) is 5.39. The van der Waals surface area contributed by atoms with Crippen LogP contribution in [0.5, 0.6) is 0 Å². The van der Waals surface area contributed by atoms with Gasteiger partial charge in [0.2, 0.25) is 0 Å². The highest BCUT2D eigenvalue weighted by Crippen LogP contribution is 2.25. The lowest BCUT2D eigenvalue weighted by Gasteiger charge is -2.34. The molecule has 0 radical (unpaired) electrons. The van der Waals surface area contributed by atoms with Crippen LogP contribution in [0.4, 0.5) is 5.82 Å². The van der Waals surface area contributed by atoms with Gasteiger partial charge < -0.3 is 10.0 Å². The molecule has 3 heterocycles. The van der Waals surface area contributed by atoms with E-state index in [4.69, 9.17) is 5.11 Å². The zero-order valence-corrected chi connectivity index (χ0v) is 11.3. The molecule has 1 aliphatic rings. The Kier molecular flexibility index (Phi) is 3.38. The van der Waals surface area contributed by atoms with Crippen LogP contribution < -0.4 is 4.90 Å². The summed E-state index contributed by atoms with van der Waals surface area (Å²) in [5.74, 6) is 1.70. The SMILES string of the molecule is Cc1cc(N2CCCC(CCO)C2)n2ncnc2c1. The number of aromatic nitrogens is 3. The van der Waals surface area contributed by atoms with Gasteiger partial charge in [0.25, 0.3) is 0 Å². The lowest BCUT2D eigenvalue weighted by molar-refractivity contribution is 0.244. The lowest BCUT2D eigenvalue weighted by atomic mass is 9.95. The molecule has 0 amide bonds. The number of nitrogens with zero attached hydrogens (tertiary/aromatic N) is 4. The van der Waals surface area contributed by atoms with Crippen LogP contribution in [0.2, 0.25) is 0 Å². The molecule has 0 aliphatic carbocycles. The van der Waals surface area contributed by atoms with Gasteiger partial charge in [-0.15, -0.1) is 0 Å². The first-order valence-electron chi connectivity index (χ1n) is 6.94. The van der Waals surface area contributed by atoms with Crippen molar-refractivity contribution in [2.75, 3.05) is 24.6 Å². The summed E-state index contributed by atoms with van der Waals surface area (Å²) < 4.78 is 1.91. The summed E-state index contributed by atoms with van der Waals surface area (Å²) in [7, 11) is 0. The fourth-order valence-electron chi connectivity index (χ4n) is 2.95. The minimum Gasteiger partial charge on any atom is -0.396 e. The monoisotopic (exact) mass is 260 g/mol. The van der Waals surface area contributed by atoms with Crippen molar-refractivity contribution in [1.82, 2.24) is 14.6 Å². The topological polar surface area (TPSA) is 53.7 Å². The van der Waals surface area contributed by atoms with Crippen LogP contribution in [0, 0.1) is 12.8 Å². The third-order valence-electron chi connectivity index (χ3n) is 3.89. The molecule has 19 heavy (non-hydrogen) atoms. The van der Waals surface area contributed by atoms with Gasteiger partial charge in [-0.2, -0.15) is 9.61 Å². The van der Waals surface area contributed by atoms with E-state index >= 15 is 0 Å². The van der Waals surface area contributed by atoms with Crippen molar-refractivity contribution >= 4 is 11.5 Å². The molecule has 1 fully saturated rings. The maximum absolute atomic E-state index is 9.11. The fourth-order valence-corrected chi connectivity index (χ4v) is 2.95. The van der Waals surface area contributed by atoms with Crippen LogP contribution in [0.25, 0.3) is 5.65 Å². The first kappa shape index (κ1) is 12.4. The van der Waals surface area contributed by atoms with E-state index in [1.54, 1.807) is 6.33 Å². The third kappa shape index (κ3) is 2.42. The Morgan fingerprint density at radius 2 is 2.32 bits per heavy atom. The molecule has 1 unspecified atom stereocenters. The molecular formula is C14H20N4O. The van der Waals surface area contributed by atoms with E-state index in [9.17, 15) is 0 Å². The molecule has 1 saturated heterocycles. The standard InChI is InChI=1S/C14H20N4O/c1-11-7-13-15-10-16-18(13)14(8-11)17-5-2-3-12(9-17)4-6-19/h7-8,10,12,19H,2-6,9H2,1H3. The number of fused-ring (bicyclic) bond motifs is 1. The first-order chi connectivity index (χ1) is 9.28. The molecule has 0 saturated carbocycles. The van der Waals surface area contributed by atoms with E-state index in [1.807, 2.05) is 10.6 Å². The Labute approximate surface area is 112 Å². The van der Waals surface area contributed by atoms with E-state index in [-0.39, 0.29) is 6.61 Å². The summed E-state index contributed by atoms with van der Waals surface area (Å²) in [6, 6.07) is 4.22. The molecule has 1 aliphatic heterocycles. The molecule has 0 bridgehead atoms. The predicted molar refractivity (Wildman–Crippen MR) is 74.4 cm³/mol. The highest BCUT2D eigenvalue weighted by molar-refractivity contribution is 5.53. The Hall–Kier alpha value is -1.62. The minimum absolute atomic E-state index is 0.283. The van der Waals surface area contributed by atoms with Crippen molar-refractivity contribution in [3.63, 3.8) is 0 Å². The molecule has 1 atom stereocenters. The highest BCUT2D eigenvalue weighted by atomic mass is 16.3. The Morgan fingerprint density at radius 1 is 1.42 bits per heavy atom. The van der Waals surface area contributed by atoms with Gasteiger partial charge in [-0.3, -0.25) is 0 Å². The second kappa shape index (κ2) is 5.17. The smallest absolute Gasteiger partial charge is 0.157 e. The molecule has 0 spiro atoms. The number of rotatable bonds is 3. The molecule has 3 rings (SSSR count). The number of piperidine rings is 1. The Balaban J connectivity index is 1.92. The summed E-state index contributed by atoms with van der Waals surface area (Å²) in [5, 5.41) is 13.4. The van der Waals surface area contributed by atoms with Gasteiger partial charge >= 0.3 is 0 Å². The average Bonchev–Trinajstić information content (AvgIpc) is 2.86. The molecule has 5 nitrogen and oxygen atoms in total. The maximum Gasteiger partial charge on any atom is 0.157 e. The quantitative estimate of drug-likeness (QED) is 0.911.